The van der Waals surface area contributed by atoms with E-state index in [-0.39, 0.29) is 5.82 Å². The number of fused-ring (bicyclic) bond motifs is 1. The molecule has 2 aromatic carbocycles. The Labute approximate surface area is 135 Å². The van der Waals surface area contributed by atoms with Gasteiger partial charge in [-0.25, -0.2) is 4.39 Å². The molecule has 0 aliphatic rings. The van der Waals surface area contributed by atoms with Crippen LogP contribution in [-0.2, 0) is 6.61 Å². The van der Waals surface area contributed by atoms with E-state index in [9.17, 15) is 4.39 Å². The van der Waals surface area contributed by atoms with Gasteiger partial charge in [-0.2, -0.15) is 9.61 Å². The van der Waals surface area contributed by atoms with Crippen LogP contribution >= 0.6 is 11.3 Å². The summed E-state index contributed by atoms with van der Waals surface area (Å²) in [5.74, 6) is 0.810. The van der Waals surface area contributed by atoms with Crippen molar-refractivity contribution in [2.75, 3.05) is 0 Å². The Kier molecular flexibility index (Phi) is 3.47. The fourth-order valence-corrected chi connectivity index (χ4v) is 2.93. The molecule has 0 bridgehead atoms. The van der Waals surface area contributed by atoms with E-state index in [1.165, 1.54) is 17.4 Å². The molecule has 2 heterocycles. The van der Waals surface area contributed by atoms with Crippen LogP contribution in [0.2, 0.25) is 0 Å². The molecule has 4 rings (SSSR count). The minimum atomic E-state index is -0.350. The van der Waals surface area contributed by atoms with Gasteiger partial charge in [0, 0.05) is 0 Å². The predicted octanol–water partition coefficient (Wildman–Crippen LogP) is 3.57. The van der Waals surface area contributed by atoms with Crippen molar-refractivity contribution in [2.24, 2.45) is 0 Å². The van der Waals surface area contributed by atoms with E-state index in [4.69, 9.17) is 4.74 Å². The topological polar surface area (TPSA) is 52.3 Å². The highest BCUT2D eigenvalue weighted by Gasteiger charge is 2.16. The normalized spacial score (nSPS) is 11.0. The summed E-state index contributed by atoms with van der Waals surface area (Å²) in [5.41, 5.74) is 0.376. The molecule has 2 aromatic heterocycles. The Bertz CT molecular complexity index is 951. The average Bonchev–Trinajstić information content (AvgIpc) is 3.15. The maximum Gasteiger partial charge on any atom is 0.235 e. The molecule has 0 aliphatic heterocycles. The molecule has 0 saturated carbocycles. The maximum absolute atomic E-state index is 13.9. The van der Waals surface area contributed by atoms with Crippen molar-refractivity contribution in [1.29, 1.82) is 0 Å². The molecule has 0 atom stereocenters. The summed E-state index contributed by atoms with van der Waals surface area (Å²) in [5, 5.41) is 13.3. The van der Waals surface area contributed by atoms with Crippen LogP contribution in [0.4, 0.5) is 4.39 Å². The fourth-order valence-electron chi connectivity index (χ4n) is 2.19. The molecule has 0 aliphatic carbocycles. The van der Waals surface area contributed by atoms with Gasteiger partial charge in [0.05, 0.1) is 5.56 Å². The highest BCUT2D eigenvalue weighted by molar-refractivity contribution is 7.16. The molecule has 23 heavy (non-hydrogen) atoms. The molecule has 0 N–H and O–H groups in total. The van der Waals surface area contributed by atoms with Crippen molar-refractivity contribution in [1.82, 2.24) is 19.8 Å². The Hall–Kier alpha value is -2.80. The van der Waals surface area contributed by atoms with Crippen LogP contribution in [0.1, 0.15) is 5.01 Å². The first-order chi connectivity index (χ1) is 11.3. The number of halogens is 1. The highest BCUT2D eigenvalue weighted by atomic mass is 32.1. The lowest BCUT2D eigenvalue weighted by Gasteiger charge is -2.02. The fraction of sp³-hybridized carbons (Fsp3) is 0.0625. The molecule has 0 unspecified atom stereocenters. The molecule has 0 amide bonds. The third-order valence-electron chi connectivity index (χ3n) is 3.25. The minimum Gasteiger partial charge on any atom is -0.486 e. The van der Waals surface area contributed by atoms with Crippen LogP contribution < -0.4 is 4.74 Å². The molecular formula is C16H11FN4OS. The van der Waals surface area contributed by atoms with E-state index in [1.807, 2.05) is 30.3 Å². The first-order valence-corrected chi connectivity index (χ1v) is 7.77. The van der Waals surface area contributed by atoms with Gasteiger partial charge in [-0.05, 0) is 24.3 Å². The minimum absolute atomic E-state index is 0.328. The smallest absolute Gasteiger partial charge is 0.235 e. The van der Waals surface area contributed by atoms with Gasteiger partial charge in [-0.1, -0.05) is 41.7 Å². The number of ether oxygens (including phenoxy) is 1. The molecule has 7 heteroatoms. The summed E-state index contributed by atoms with van der Waals surface area (Å²) < 4.78 is 21.1. The Morgan fingerprint density at radius 1 is 1.00 bits per heavy atom. The second kappa shape index (κ2) is 5.77. The molecule has 0 saturated heterocycles. The van der Waals surface area contributed by atoms with Crippen molar-refractivity contribution in [2.45, 2.75) is 6.61 Å². The standard InChI is InChI=1S/C16H11FN4OS/c17-13-9-5-4-8-12(13)15-18-19-16-21(15)20-14(23-16)10-22-11-6-2-1-3-7-11/h1-9H,10H2. The van der Waals surface area contributed by atoms with E-state index in [0.717, 1.165) is 10.8 Å². The highest BCUT2D eigenvalue weighted by Crippen LogP contribution is 2.24. The van der Waals surface area contributed by atoms with E-state index in [1.54, 1.807) is 22.7 Å². The summed E-state index contributed by atoms with van der Waals surface area (Å²) in [6.07, 6.45) is 0. The first kappa shape index (κ1) is 13.8. The number of aromatic nitrogens is 4. The van der Waals surface area contributed by atoms with Gasteiger partial charge in [-0.15, -0.1) is 10.2 Å². The summed E-state index contributed by atoms with van der Waals surface area (Å²) in [4.78, 5) is 0.606. The molecule has 5 nitrogen and oxygen atoms in total. The van der Waals surface area contributed by atoms with Crippen LogP contribution in [0.5, 0.6) is 5.75 Å². The van der Waals surface area contributed by atoms with Crippen molar-refractivity contribution in [3.05, 3.63) is 65.4 Å². The zero-order valence-corrected chi connectivity index (χ0v) is 12.7. The van der Waals surface area contributed by atoms with Crippen LogP contribution in [-0.4, -0.2) is 19.8 Å². The molecule has 0 spiro atoms. The number of benzene rings is 2. The van der Waals surface area contributed by atoms with Gasteiger partial charge in [0.15, 0.2) is 10.8 Å². The lowest BCUT2D eigenvalue weighted by atomic mass is 10.2. The van der Waals surface area contributed by atoms with E-state index >= 15 is 0 Å². The summed E-state index contributed by atoms with van der Waals surface area (Å²) in [6.45, 7) is 0.328. The van der Waals surface area contributed by atoms with Gasteiger partial charge in [-0.3, -0.25) is 0 Å². The van der Waals surface area contributed by atoms with Crippen LogP contribution in [0.15, 0.2) is 54.6 Å². The Balaban J connectivity index is 1.63. The maximum atomic E-state index is 13.9. The lowest BCUT2D eigenvalue weighted by molar-refractivity contribution is 0.304. The average molecular weight is 326 g/mol. The summed E-state index contributed by atoms with van der Waals surface area (Å²) >= 11 is 1.37. The lowest BCUT2D eigenvalue weighted by Crippen LogP contribution is -1.98. The zero-order chi connectivity index (χ0) is 15.6. The number of hydrogen-bond acceptors (Lipinski definition) is 5. The van der Waals surface area contributed by atoms with Gasteiger partial charge in [0.25, 0.3) is 0 Å². The zero-order valence-electron chi connectivity index (χ0n) is 11.9. The number of para-hydroxylation sites is 1. The molecule has 0 fully saturated rings. The van der Waals surface area contributed by atoms with Gasteiger partial charge in [0.1, 0.15) is 18.2 Å². The van der Waals surface area contributed by atoms with Crippen LogP contribution in [0.3, 0.4) is 0 Å². The van der Waals surface area contributed by atoms with Crippen LogP contribution in [0, 0.1) is 5.82 Å². The molecule has 114 valence electrons. The predicted molar refractivity (Wildman–Crippen MR) is 84.8 cm³/mol. The molecule has 4 aromatic rings. The summed E-state index contributed by atoms with van der Waals surface area (Å²) in [6, 6.07) is 15.9. The quantitative estimate of drug-likeness (QED) is 0.575. The first-order valence-electron chi connectivity index (χ1n) is 6.95. The van der Waals surface area contributed by atoms with E-state index in [2.05, 4.69) is 15.3 Å². The SMILES string of the molecule is Fc1ccccc1-c1nnc2sc(COc3ccccc3)nn12. The number of rotatable bonds is 4. The number of nitrogens with zero attached hydrogens (tertiary/aromatic N) is 4. The molecule has 0 radical (unpaired) electrons. The molecular weight excluding hydrogens is 315 g/mol. The monoisotopic (exact) mass is 326 g/mol. The third-order valence-corrected chi connectivity index (χ3v) is 4.13. The van der Waals surface area contributed by atoms with Crippen molar-refractivity contribution >= 4 is 16.3 Å². The van der Waals surface area contributed by atoms with Crippen molar-refractivity contribution in [3.8, 4) is 17.1 Å². The summed E-state index contributed by atoms with van der Waals surface area (Å²) in [7, 11) is 0. The number of hydrogen-bond donors (Lipinski definition) is 0. The van der Waals surface area contributed by atoms with Crippen molar-refractivity contribution in [3.63, 3.8) is 0 Å². The Morgan fingerprint density at radius 2 is 1.78 bits per heavy atom. The van der Waals surface area contributed by atoms with E-state index < -0.39 is 0 Å². The second-order valence-corrected chi connectivity index (χ2v) is 5.84. The van der Waals surface area contributed by atoms with Gasteiger partial charge in [0.2, 0.25) is 4.96 Å². The van der Waals surface area contributed by atoms with Crippen LogP contribution in [0.25, 0.3) is 16.3 Å². The largest absolute Gasteiger partial charge is 0.486 e. The third kappa shape index (κ3) is 2.66. The van der Waals surface area contributed by atoms with E-state index in [0.29, 0.717) is 23.0 Å². The van der Waals surface area contributed by atoms with Crippen molar-refractivity contribution < 1.29 is 9.13 Å². The van der Waals surface area contributed by atoms with Gasteiger partial charge < -0.3 is 4.74 Å². The second-order valence-electron chi connectivity index (χ2n) is 4.80. The Morgan fingerprint density at radius 3 is 2.61 bits per heavy atom. The van der Waals surface area contributed by atoms with Gasteiger partial charge >= 0.3 is 0 Å².